The molecule has 1 N–H and O–H groups in total. The number of aromatic nitrogens is 3. The third-order valence-electron chi connectivity index (χ3n) is 4.61. The fourth-order valence-electron chi connectivity index (χ4n) is 3.00. The van der Waals surface area contributed by atoms with Crippen molar-refractivity contribution in [2.75, 3.05) is 11.4 Å². The molecular weight excluding hydrogens is 486 g/mol. The summed E-state index contributed by atoms with van der Waals surface area (Å²) in [4.78, 5) is 24.6. The molecule has 0 fully saturated rings. The monoisotopic (exact) mass is 502 g/mol. The van der Waals surface area contributed by atoms with Gasteiger partial charge < -0.3 is 14.4 Å². The van der Waals surface area contributed by atoms with Gasteiger partial charge in [0.1, 0.15) is 11.4 Å². The molecule has 0 unspecified atom stereocenters. The van der Waals surface area contributed by atoms with E-state index >= 15 is 0 Å². The zero-order valence-corrected chi connectivity index (χ0v) is 17.8. The van der Waals surface area contributed by atoms with Crippen LogP contribution in [0.3, 0.4) is 0 Å². The van der Waals surface area contributed by atoms with Gasteiger partial charge in [-0.25, -0.2) is 9.59 Å². The van der Waals surface area contributed by atoms with E-state index < -0.39 is 30.2 Å². The molecule has 0 saturated heterocycles. The van der Waals surface area contributed by atoms with Crippen molar-refractivity contribution in [1.29, 1.82) is 0 Å². The maximum Gasteiger partial charge on any atom is 0.573 e. The van der Waals surface area contributed by atoms with Crippen molar-refractivity contribution in [2.24, 2.45) is 0 Å². The second kappa shape index (κ2) is 10.0. The third-order valence-corrected chi connectivity index (χ3v) is 4.61. The highest BCUT2D eigenvalue weighted by molar-refractivity contribution is 5.97. The van der Waals surface area contributed by atoms with Gasteiger partial charge in [0.05, 0.1) is 6.54 Å². The minimum atomic E-state index is -5.34. The number of halogens is 6. The summed E-state index contributed by atoms with van der Waals surface area (Å²) in [5.41, 5.74) is 1.35. The molecule has 0 aliphatic heterocycles. The molecule has 14 heteroatoms. The summed E-state index contributed by atoms with van der Waals surface area (Å²) in [7, 11) is 0. The van der Waals surface area contributed by atoms with E-state index in [0.29, 0.717) is 23.4 Å². The van der Waals surface area contributed by atoms with Gasteiger partial charge in [0.15, 0.2) is 5.69 Å². The maximum absolute atomic E-state index is 12.3. The van der Waals surface area contributed by atoms with Crippen LogP contribution in [0.5, 0.6) is 5.75 Å². The topological polar surface area (TPSA) is 97.4 Å². The van der Waals surface area contributed by atoms with Crippen molar-refractivity contribution in [2.45, 2.75) is 26.0 Å². The van der Waals surface area contributed by atoms with Gasteiger partial charge in [0.25, 0.3) is 0 Å². The third kappa shape index (κ3) is 6.71. The molecule has 0 radical (unpaired) electrons. The van der Waals surface area contributed by atoms with Crippen LogP contribution in [0.4, 0.5) is 32.0 Å². The van der Waals surface area contributed by atoms with Crippen molar-refractivity contribution < 1.29 is 45.4 Å². The Morgan fingerprint density at radius 3 is 2.00 bits per heavy atom. The lowest BCUT2D eigenvalue weighted by atomic mass is 10.0. The molecule has 3 rings (SSSR count). The van der Waals surface area contributed by atoms with Crippen LogP contribution in [-0.2, 0) is 16.1 Å². The normalized spacial score (nSPS) is 11.7. The first-order chi connectivity index (χ1) is 16.4. The molecule has 0 amide bonds. The predicted molar refractivity (Wildman–Crippen MR) is 108 cm³/mol. The van der Waals surface area contributed by atoms with E-state index in [2.05, 4.69) is 24.9 Å². The number of rotatable bonds is 7. The van der Waals surface area contributed by atoms with E-state index in [1.54, 1.807) is 36.1 Å². The molecule has 0 spiro atoms. The molecule has 0 atom stereocenters. The number of nitrogens with zero attached hydrogens (tertiary/aromatic N) is 3. The molecule has 35 heavy (non-hydrogen) atoms. The summed E-state index contributed by atoms with van der Waals surface area (Å²) >= 11 is 0. The summed E-state index contributed by atoms with van der Waals surface area (Å²) in [6.45, 7) is 2.12. The maximum atomic E-state index is 12.3. The van der Waals surface area contributed by atoms with Gasteiger partial charge in [0.2, 0.25) is 0 Å². The lowest BCUT2D eigenvalue weighted by Crippen LogP contribution is -2.29. The number of carbonyl (C=O) groups excluding carboxylic acids is 2. The molecule has 186 valence electrons. The Labute approximate surface area is 193 Å². The van der Waals surface area contributed by atoms with Crippen LogP contribution in [0.25, 0.3) is 11.1 Å². The van der Waals surface area contributed by atoms with Gasteiger partial charge in [-0.2, -0.15) is 23.5 Å². The zero-order valence-electron chi connectivity index (χ0n) is 17.8. The molecular formula is C21H16F6N4O4. The lowest BCUT2D eigenvalue weighted by Gasteiger charge is -2.22. The number of nitrogens with one attached hydrogen (secondary N) is 1. The van der Waals surface area contributed by atoms with Crippen molar-refractivity contribution in [3.05, 3.63) is 59.9 Å². The van der Waals surface area contributed by atoms with Crippen LogP contribution in [0.1, 0.15) is 23.1 Å². The highest BCUT2D eigenvalue weighted by atomic mass is 19.4. The Morgan fingerprint density at radius 2 is 1.49 bits per heavy atom. The molecule has 2 aromatic carbocycles. The smallest absolute Gasteiger partial charge is 0.406 e. The Bertz CT molecular complexity index is 1170. The van der Waals surface area contributed by atoms with Crippen molar-refractivity contribution in [1.82, 2.24) is 15.4 Å². The summed E-state index contributed by atoms with van der Waals surface area (Å²) in [5.74, 6) is -4.62. The number of anilines is 1. The Balaban J connectivity index is 1.72. The average molecular weight is 502 g/mol. The summed E-state index contributed by atoms with van der Waals surface area (Å²) in [6.07, 6.45) is -10.1. The zero-order chi connectivity index (χ0) is 25.8. The van der Waals surface area contributed by atoms with E-state index in [1.807, 2.05) is 0 Å². The summed E-state index contributed by atoms with van der Waals surface area (Å²) in [5, 5.41) is 9.35. The standard InChI is InChI=1S/C21H16F6N4O4/c1-2-31(11-16-17(29-30-28-16)18(32)34-19(33)20(22,23)24)14-7-3-12(4-8-14)13-5-9-15(10-6-13)35-21(25,26)27/h3-10H,2,11H2,1H3,(H,28,29,30). The predicted octanol–water partition coefficient (Wildman–Crippen LogP) is 4.64. The number of hydrogen-bond acceptors (Lipinski definition) is 7. The lowest BCUT2D eigenvalue weighted by molar-refractivity contribution is -0.274. The highest BCUT2D eigenvalue weighted by Gasteiger charge is 2.43. The van der Waals surface area contributed by atoms with Gasteiger partial charge >= 0.3 is 24.5 Å². The Morgan fingerprint density at radius 1 is 0.914 bits per heavy atom. The molecule has 8 nitrogen and oxygen atoms in total. The fraction of sp³-hybridized carbons (Fsp3) is 0.238. The second-order valence-electron chi connectivity index (χ2n) is 6.93. The molecule has 3 aromatic rings. The minimum Gasteiger partial charge on any atom is -0.406 e. The van der Waals surface area contributed by atoms with Gasteiger partial charge in [-0.3, -0.25) is 0 Å². The quantitative estimate of drug-likeness (QED) is 0.286. The summed E-state index contributed by atoms with van der Waals surface area (Å²) < 4.78 is 81.6. The van der Waals surface area contributed by atoms with Crippen LogP contribution in [0.2, 0.25) is 0 Å². The number of hydrogen-bond donors (Lipinski definition) is 1. The van der Waals surface area contributed by atoms with Gasteiger partial charge in [-0.05, 0) is 42.3 Å². The first-order valence-corrected chi connectivity index (χ1v) is 9.81. The van der Waals surface area contributed by atoms with Crippen molar-refractivity contribution in [3.8, 4) is 16.9 Å². The largest absolute Gasteiger partial charge is 0.573 e. The van der Waals surface area contributed by atoms with E-state index in [9.17, 15) is 35.9 Å². The number of aromatic amines is 1. The van der Waals surface area contributed by atoms with Gasteiger partial charge in [0, 0.05) is 12.2 Å². The average Bonchev–Trinajstić information content (AvgIpc) is 3.25. The SMILES string of the molecule is CCN(Cc1n[nH]nc1C(=O)OC(=O)C(F)(F)F)c1ccc(-c2ccc(OC(F)(F)F)cc2)cc1. The minimum absolute atomic E-state index is 0.0452. The highest BCUT2D eigenvalue weighted by Crippen LogP contribution is 2.28. The number of esters is 2. The molecule has 0 aliphatic carbocycles. The fourth-order valence-corrected chi connectivity index (χ4v) is 3.00. The van der Waals surface area contributed by atoms with Crippen molar-refractivity contribution in [3.63, 3.8) is 0 Å². The van der Waals surface area contributed by atoms with Crippen LogP contribution < -0.4 is 9.64 Å². The molecule has 0 aliphatic rings. The van der Waals surface area contributed by atoms with E-state index in [-0.39, 0.29) is 18.0 Å². The van der Waals surface area contributed by atoms with Crippen molar-refractivity contribution >= 4 is 17.6 Å². The van der Waals surface area contributed by atoms with Crippen LogP contribution in [-0.4, -0.2) is 46.4 Å². The van der Waals surface area contributed by atoms with Crippen LogP contribution in [0, 0.1) is 0 Å². The number of benzene rings is 2. The van der Waals surface area contributed by atoms with Gasteiger partial charge in [-0.1, -0.05) is 24.3 Å². The van der Waals surface area contributed by atoms with E-state index in [0.717, 1.165) is 0 Å². The number of alkyl halides is 6. The van der Waals surface area contributed by atoms with E-state index in [1.165, 1.54) is 24.3 Å². The van der Waals surface area contributed by atoms with Crippen LogP contribution >= 0.6 is 0 Å². The molecule has 0 bridgehead atoms. The number of H-pyrrole nitrogens is 1. The first-order valence-electron chi connectivity index (χ1n) is 9.81. The second-order valence-corrected chi connectivity index (χ2v) is 6.93. The molecule has 1 aromatic heterocycles. The molecule has 0 saturated carbocycles. The van der Waals surface area contributed by atoms with Crippen LogP contribution in [0.15, 0.2) is 48.5 Å². The van der Waals surface area contributed by atoms with Gasteiger partial charge in [-0.15, -0.1) is 18.3 Å². The first kappa shape index (κ1) is 25.5. The van der Waals surface area contributed by atoms with E-state index in [4.69, 9.17) is 0 Å². The number of ether oxygens (including phenoxy) is 2. The Kier molecular flexibility index (Phi) is 7.31. The summed E-state index contributed by atoms with van der Waals surface area (Å²) in [6, 6.07) is 12.1. The Hall–Kier alpha value is -4.10. The molecule has 1 heterocycles. The number of carbonyl (C=O) groups is 2.